The van der Waals surface area contributed by atoms with Crippen molar-refractivity contribution in [3.8, 4) is 0 Å². The van der Waals surface area contributed by atoms with E-state index in [4.69, 9.17) is 5.84 Å². The molecule has 0 saturated carbocycles. The molecule has 3 rings (SSSR count). The summed E-state index contributed by atoms with van der Waals surface area (Å²) in [6.45, 7) is 0. The van der Waals surface area contributed by atoms with Crippen LogP contribution in [-0.2, 0) is 5.75 Å². The van der Waals surface area contributed by atoms with Gasteiger partial charge in [-0.3, -0.25) is 0 Å². The second-order valence-electron chi connectivity index (χ2n) is 4.14. The lowest BCUT2D eigenvalue weighted by atomic mass is 10.3. The highest BCUT2D eigenvalue weighted by Crippen LogP contribution is 2.28. The minimum Gasteiger partial charge on any atom is -0.308 e. The third-order valence-electron chi connectivity index (χ3n) is 2.77. The number of rotatable bonds is 4. The number of aromatic nitrogens is 2. The molecule has 0 atom stereocenters. The Morgan fingerprint density at radius 3 is 2.81 bits per heavy atom. The minimum absolute atomic E-state index is 0.438. The van der Waals surface area contributed by atoms with Gasteiger partial charge in [0.25, 0.3) is 0 Å². The molecule has 1 aromatic carbocycles. The zero-order valence-corrected chi connectivity index (χ0v) is 12.3. The van der Waals surface area contributed by atoms with E-state index in [1.165, 1.54) is 29.2 Å². The largest absolute Gasteiger partial charge is 0.308 e. The average molecular weight is 324 g/mol. The van der Waals surface area contributed by atoms with Gasteiger partial charge >= 0.3 is 0 Å². The quantitative estimate of drug-likeness (QED) is 0.436. The van der Waals surface area contributed by atoms with Gasteiger partial charge < -0.3 is 5.43 Å². The second-order valence-corrected chi connectivity index (χ2v) is 6.08. The number of halogens is 2. The zero-order chi connectivity index (χ0) is 14.8. The van der Waals surface area contributed by atoms with E-state index in [2.05, 4.69) is 15.4 Å². The smallest absolute Gasteiger partial charge is 0.159 e. The SMILES string of the molecule is NNc1nc(CSc2ccc(F)c(F)c2)nc2sccc12. The normalized spacial score (nSPS) is 11.0. The van der Waals surface area contributed by atoms with Crippen LogP contribution in [-0.4, -0.2) is 9.97 Å². The number of nitrogens with zero attached hydrogens (tertiary/aromatic N) is 2. The van der Waals surface area contributed by atoms with Gasteiger partial charge in [0.1, 0.15) is 10.7 Å². The fourth-order valence-corrected chi connectivity index (χ4v) is 3.35. The number of thiophene rings is 1. The van der Waals surface area contributed by atoms with Gasteiger partial charge in [-0.05, 0) is 29.6 Å². The Hall–Kier alpha value is -1.77. The Morgan fingerprint density at radius 2 is 2.05 bits per heavy atom. The van der Waals surface area contributed by atoms with Gasteiger partial charge in [0.05, 0.1) is 11.1 Å². The molecule has 0 amide bonds. The lowest BCUT2D eigenvalue weighted by molar-refractivity contribution is 0.506. The van der Waals surface area contributed by atoms with Gasteiger partial charge in [-0.1, -0.05) is 0 Å². The Balaban J connectivity index is 1.82. The Kier molecular flexibility index (Phi) is 4.00. The lowest BCUT2D eigenvalue weighted by Gasteiger charge is -2.05. The van der Waals surface area contributed by atoms with Crippen LogP contribution in [0.4, 0.5) is 14.6 Å². The van der Waals surface area contributed by atoms with Crippen molar-refractivity contribution in [2.45, 2.75) is 10.6 Å². The molecule has 4 nitrogen and oxygen atoms in total. The number of nitrogen functional groups attached to an aromatic ring is 1. The van der Waals surface area contributed by atoms with Crippen LogP contribution in [0.25, 0.3) is 10.2 Å². The summed E-state index contributed by atoms with van der Waals surface area (Å²) in [5.41, 5.74) is 2.55. The zero-order valence-electron chi connectivity index (χ0n) is 10.6. The number of hydrazine groups is 1. The van der Waals surface area contributed by atoms with Crippen LogP contribution in [0.15, 0.2) is 34.5 Å². The van der Waals surface area contributed by atoms with Crippen molar-refractivity contribution in [3.05, 3.63) is 47.1 Å². The number of hydrogen-bond donors (Lipinski definition) is 2. The summed E-state index contributed by atoms with van der Waals surface area (Å²) >= 11 is 2.82. The van der Waals surface area contributed by atoms with Crippen LogP contribution in [0.2, 0.25) is 0 Å². The maximum atomic E-state index is 13.1. The molecule has 0 unspecified atom stereocenters. The van der Waals surface area contributed by atoms with E-state index >= 15 is 0 Å². The standard InChI is InChI=1S/C13H10F2N4S2/c14-9-2-1-7(5-10(9)15)21-6-11-17-12(19-16)8-3-4-20-13(8)18-11/h1-5H,6,16H2,(H,17,18,19). The van der Waals surface area contributed by atoms with Gasteiger partial charge in [0, 0.05) is 4.90 Å². The maximum Gasteiger partial charge on any atom is 0.159 e. The van der Waals surface area contributed by atoms with E-state index in [1.54, 1.807) is 0 Å². The molecule has 2 aromatic heterocycles. The van der Waals surface area contributed by atoms with Crippen LogP contribution < -0.4 is 11.3 Å². The van der Waals surface area contributed by atoms with E-state index < -0.39 is 11.6 Å². The van der Waals surface area contributed by atoms with E-state index in [0.717, 1.165) is 22.3 Å². The molecule has 0 aliphatic carbocycles. The van der Waals surface area contributed by atoms with Crippen LogP contribution in [0.5, 0.6) is 0 Å². The number of thioether (sulfide) groups is 1. The van der Waals surface area contributed by atoms with Crippen molar-refractivity contribution in [1.29, 1.82) is 0 Å². The van der Waals surface area contributed by atoms with Gasteiger partial charge in [-0.15, -0.1) is 23.1 Å². The first-order valence-electron chi connectivity index (χ1n) is 5.96. The van der Waals surface area contributed by atoms with E-state index in [9.17, 15) is 8.78 Å². The minimum atomic E-state index is -0.862. The molecule has 0 bridgehead atoms. The van der Waals surface area contributed by atoms with E-state index in [-0.39, 0.29) is 0 Å². The van der Waals surface area contributed by atoms with Crippen LogP contribution in [0, 0.1) is 11.6 Å². The Labute approximate surface area is 127 Å². The molecule has 0 saturated heterocycles. The van der Waals surface area contributed by atoms with E-state index in [0.29, 0.717) is 22.3 Å². The highest BCUT2D eigenvalue weighted by molar-refractivity contribution is 7.98. The first-order valence-corrected chi connectivity index (χ1v) is 7.82. The number of nitrogens with two attached hydrogens (primary N) is 1. The summed E-state index contributed by atoms with van der Waals surface area (Å²) in [4.78, 5) is 10.2. The van der Waals surface area contributed by atoms with Crippen molar-refractivity contribution in [2.75, 3.05) is 5.43 Å². The van der Waals surface area contributed by atoms with Crippen molar-refractivity contribution in [1.82, 2.24) is 9.97 Å². The van der Waals surface area contributed by atoms with E-state index in [1.807, 2.05) is 11.4 Å². The van der Waals surface area contributed by atoms with Gasteiger partial charge in [-0.2, -0.15) is 0 Å². The first kappa shape index (κ1) is 14.2. The summed E-state index contributed by atoms with van der Waals surface area (Å²) in [6.07, 6.45) is 0. The number of fused-ring (bicyclic) bond motifs is 1. The van der Waals surface area contributed by atoms with Gasteiger partial charge in [0.2, 0.25) is 0 Å². The number of hydrogen-bond acceptors (Lipinski definition) is 6. The monoisotopic (exact) mass is 324 g/mol. The molecule has 0 spiro atoms. The third kappa shape index (κ3) is 2.97. The fourth-order valence-electron chi connectivity index (χ4n) is 1.79. The molecular formula is C13H10F2N4S2. The van der Waals surface area contributed by atoms with Crippen LogP contribution >= 0.6 is 23.1 Å². The molecule has 21 heavy (non-hydrogen) atoms. The molecule has 2 heterocycles. The third-order valence-corrected chi connectivity index (χ3v) is 4.56. The summed E-state index contributed by atoms with van der Waals surface area (Å²) in [6, 6.07) is 5.68. The molecule has 0 radical (unpaired) electrons. The predicted molar refractivity (Wildman–Crippen MR) is 81.1 cm³/mol. The highest BCUT2D eigenvalue weighted by Gasteiger charge is 2.09. The lowest BCUT2D eigenvalue weighted by Crippen LogP contribution is -2.10. The summed E-state index contributed by atoms with van der Waals surface area (Å²) in [5.74, 6) is 5.31. The van der Waals surface area contributed by atoms with Crippen molar-refractivity contribution in [3.63, 3.8) is 0 Å². The molecule has 108 valence electrons. The number of benzene rings is 1. The molecule has 0 aliphatic rings. The molecule has 3 aromatic rings. The summed E-state index contributed by atoms with van der Waals surface area (Å²) in [7, 11) is 0. The van der Waals surface area contributed by atoms with Crippen molar-refractivity contribution >= 4 is 39.1 Å². The molecule has 0 aliphatic heterocycles. The average Bonchev–Trinajstić information content (AvgIpc) is 2.96. The Morgan fingerprint density at radius 1 is 1.19 bits per heavy atom. The van der Waals surface area contributed by atoms with Crippen molar-refractivity contribution in [2.24, 2.45) is 5.84 Å². The maximum absolute atomic E-state index is 13.1. The molecule has 3 N–H and O–H groups in total. The predicted octanol–water partition coefficient (Wildman–Crippen LogP) is 3.55. The first-order chi connectivity index (χ1) is 10.2. The molecular weight excluding hydrogens is 314 g/mol. The summed E-state index contributed by atoms with van der Waals surface area (Å²) in [5, 5.41) is 2.77. The molecule has 8 heteroatoms. The molecule has 0 fully saturated rings. The van der Waals surface area contributed by atoms with Crippen LogP contribution in [0.1, 0.15) is 5.82 Å². The van der Waals surface area contributed by atoms with Gasteiger partial charge in [0.15, 0.2) is 17.5 Å². The van der Waals surface area contributed by atoms with Gasteiger partial charge in [-0.25, -0.2) is 24.6 Å². The number of nitrogens with one attached hydrogen (secondary N) is 1. The fraction of sp³-hybridized carbons (Fsp3) is 0.0769. The Bertz CT molecular complexity index is 791. The highest BCUT2D eigenvalue weighted by atomic mass is 32.2. The van der Waals surface area contributed by atoms with Crippen LogP contribution in [0.3, 0.4) is 0 Å². The summed E-state index contributed by atoms with van der Waals surface area (Å²) < 4.78 is 26.0. The number of anilines is 1. The topological polar surface area (TPSA) is 63.8 Å². The second kappa shape index (κ2) is 5.92. The van der Waals surface area contributed by atoms with Crippen molar-refractivity contribution < 1.29 is 8.78 Å².